The zero-order valence-electron chi connectivity index (χ0n) is 7.15. The van der Waals surface area contributed by atoms with Crippen molar-refractivity contribution in [2.24, 2.45) is 0 Å². The third-order valence-corrected chi connectivity index (χ3v) is 3.45. The van der Waals surface area contributed by atoms with Gasteiger partial charge in [0.1, 0.15) is 0 Å². The fourth-order valence-corrected chi connectivity index (χ4v) is 2.33. The van der Waals surface area contributed by atoms with Crippen LogP contribution in [0, 0.1) is 0 Å². The number of carbonyl (C=O) groups excluding carboxylic acids is 2. The summed E-state index contributed by atoms with van der Waals surface area (Å²) in [6, 6.07) is 0. The van der Waals surface area contributed by atoms with Crippen molar-refractivity contribution >= 4 is 23.6 Å². The molecule has 2 aliphatic rings. The highest BCUT2D eigenvalue weighted by atomic mass is 32.2. The van der Waals surface area contributed by atoms with Crippen LogP contribution in [0.15, 0.2) is 0 Å². The van der Waals surface area contributed by atoms with Crippen LogP contribution in [0.5, 0.6) is 0 Å². The quantitative estimate of drug-likeness (QED) is 0.618. The van der Waals surface area contributed by atoms with E-state index in [-0.39, 0.29) is 18.4 Å². The summed E-state index contributed by atoms with van der Waals surface area (Å²) in [5, 5.41) is 9.09. The lowest BCUT2D eigenvalue weighted by molar-refractivity contribution is -0.147. The van der Waals surface area contributed by atoms with Crippen molar-refractivity contribution in [3.63, 3.8) is 0 Å². The number of amides is 2. The summed E-state index contributed by atoms with van der Waals surface area (Å²) in [6.07, 6.45) is 1.51. The Labute approximate surface area is 80.3 Å². The fourth-order valence-electron chi connectivity index (χ4n) is 1.62. The minimum atomic E-state index is -0.519. The van der Waals surface area contributed by atoms with Crippen LogP contribution in [0.3, 0.4) is 0 Å². The molecule has 13 heavy (non-hydrogen) atoms. The topological polar surface area (TPSA) is 57.6 Å². The second kappa shape index (κ2) is 2.99. The molecule has 1 N–H and O–H groups in total. The van der Waals surface area contributed by atoms with Gasteiger partial charge in [-0.1, -0.05) is 0 Å². The van der Waals surface area contributed by atoms with E-state index in [1.54, 1.807) is 0 Å². The predicted molar refractivity (Wildman–Crippen MR) is 48.2 cm³/mol. The van der Waals surface area contributed by atoms with Crippen LogP contribution in [0.4, 0.5) is 0 Å². The second-order valence-electron chi connectivity index (χ2n) is 3.50. The van der Waals surface area contributed by atoms with Crippen molar-refractivity contribution in [2.45, 2.75) is 18.4 Å². The van der Waals surface area contributed by atoms with E-state index in [9.17, 15) is 9.59 Å². The molecule has 0 aromatic rings. The number of aliphatic hydroxyl groups is 1. The molecule has 0 aromatic carbocycles. The monoisotopic (exact) mass is 201 g/mol. The molecular weight excluding hydrogens is 190 g/mol. The molecule has 2 fully saturated rings. The van der Waals surface area contributed by atoms with Gasteiger partial charge in [0.15, 0.2) is 0 Å². The van der Waals surface area contributed by atoms with Crippen molar-refractivity contribution in [1.82, 2.24) is 4.90 Å². The summed E-state index contributed by atoms with van der Waals surface area (Å²) in [5.41, 5.74) is -0.519. The largest absolute Gasteiger partial charge is 0.394 e. The summed E-state index contributed by atoms with van der Waals surface area (Å²) in [6.45, 7) is -0.0881. The smallest absolute Gasteiger partial charge is 0.239 e. The van der Waals surface area contributed by atoms with Crippen LogP contribution < -0.4 is 0 Å². The van der Waals surface area contributed by atoms with Crippen molar-refractivity contribution < 1.29 is 14.7 Å². The molecule has 1 heterocycles. The molecule has 1 saturated carbocycles. The molecule has 4 nitrogen and oxygen atoms in total. The first-order valence-electron chi connectivity index (χ1n) is 4.24. The first-order valence-corrected chi connectivity index (χ1v) is 5.40. The van der Waals surface area contributed by atoms with Crippen LogP contribution in [-0.4, -0.2) is 45.5 Å². The highest BCUT2D eigenvalue weighted by Gasteiger charge is 2.53. The first kappa shape index (κ1) is 9.02. The molecule has 2 amide bonds. The van der Waals surface area contributed by atoms with Crippen LogP contribution in [-0.2, 0) is 9.59 Å². The highest BCUT2D eigenvalue weighted by molar-refractivity contribution is 8.00. The van der Waals surface area contributed by atoms with Gasteiger partial charge in [0.2, 0.25) is 11.8 Å². The molecule has 1 aliphatic carbocycles. The molecule has 0 spiro atoms. The third-order valence-electron chi connectivity index (χ3n) is 2.55. The van der Waals surface area contributed by atoms with E-state index < -0.39 is 5.54 Å². The molecule has 5 heteroatoms. The number of thioether (sulfide) groups is 1. The van der Waals surface area contributed by atoms with Crippen molar-refractivity contribution in [3.8, 4) is 0 Å². The van der Waals surface area contributed by atoms with Gasteiger partial charge < -0.3 is 5.11 Å². The van der Waals surface area contributed by atoms with Crippen LogP contribution >= 0.6 is 11.8 Å². The normalized spacial score (nSPS) is 26.4. The van der Waals surface area contributed by atoms with Crippen molar-refractivity contribution in [3.05, 3.63) is 0 Å². The summed E-state index contributed by atoms with van der Waals surface area (Å²) >= 11 is 1.35. The lowest BCUT2D eigenvalue weighted by Crippen LogP contribution is -2.52. The van der Waals surface area contributed by atoms with Gasteiger partial charge in [0.25, 0.3) is 0 Å². The third kappa shape index (κ3) is 1.36. The van der Waals surface area contributed by atoms with Gasteiger partial charge in [-0.05, 0) is 12.8 Å². The van der Waals surface area contributed by atoms with Crippen LogP contribution in [0.25, 0.3) is 0 Å². The number of nitrogens with zero attached hydrogens (tertiary/aromatic N) is 1. The van der Waals surface area contributed by atoms with E-state index in [0.717, 1.165) is 12.8 Å². The fraction of sp³-hybridized carbons (Fsp3) is 0.750. The molecule has 0 bridgehead atoms. The second-order valence-corrected chi connectivity index (χ2v) is 4.48. The number of aliphatic hydroxyl groups excluding tert-OH is 1. The summed E-state index contributed by atoms with van der Waals surface area (Å²) < 4.78 is 0. The maximum absolute atomic E-state index is 11.4. The van der Waals surface area contributed by atoms with Gasteiger partial charge in [0.05, 0.1) is 23.7 Å². The zero-order chi connectivity index (χ0) is 9.47. The van der Waals surface area contributed by atoms with Gasteiger partial charge in [-0.2, -0.15) is 0 Å². The van der Waals surface area contributed by atoms with Gasteiger partial charge in [-0.25, -0.2) is 0 Å². The first-order chi connectivity index (χ1) is 6.19. The minimum absolute atomic E-state index is 0.0881. The highest BCUT2D eigenvalue weighted by Crippen LogP contribution is 2.42. The Kier molecular flexibility index (Phi) is 2.08. The van der Waals surface area contributed by atoms with Crippen molar-refractivity contribution in [1.29, 1.82) is 0 Å². The lowest BCUT2D eigenvalue weighted by Gasteiger charge is -2.31. The number of hydrogen-bond donors (Lipinski definition) is 1. The predicted octanol–water partition coefficient (Wildman–Crippen LogP) is -0.387. The van der Waals surface area contributed by atoms with Gasteiger partial charge in [-0.3, -0.25) is 14.5 Å². The molecular formula is C8H11NO3S. The average molecular weight is 201 g/mol. The molecule has 0 unspecified atom stereocenters. The molecule has 0 radical (unpaired) electrons. The number of rotatable bonds is 2. The van der Waals surface area contributed by atoms with Crippen LogP contribution in [0.2, 0.25) is 0 Å². The van der Waals surface area contributed by atoms with Crippen molar-refractivity contribution in [2.75, 3.05) is 18.1 Å². The Morgan fingerprint density at radius 2 is 1.85 bits per heavy atom. The maximum atomic E-state index is 11.4. The number of imide groups is 1. The number of hydrogen-bond acceptors (Lipinski definition) is 4. The Balaban J connectivity index is 2.19. The van der Waals surface area contributed by atoms with Gasteiger partial charge in [-0.15, -0.1) is 11.8 Å². The lowest BCUT2D eigenvalue weighted by atomic mass is 10.2. The summed E-state index contributed by atoms with van der Waals surface area (Å²) in [7, 11) is 0. The minimum Gasteiger partial charge on any atom is -0.394 e. The van der Waals surface area contributed by atoms with E-state index in [4.69, 9.17) is 5.11 Å². The molecule has 1 saturated heterocycles. The Hall–Kier alpha value is -0.550. The van der Waals surface area contributed by atoms with E-state index in [1.165, 1.54) is 16.7 Å². The van der Waals surface area contributed by atoms with Crippen LogP contribution in [0.1, 0.15) is 12.8 Å². The summed E-state index contributed by atoms with van der Waals surface area (Å²) in [5.74, 6) is 0.446. The SMILES string of the molecule is O=C1CSCC(=O)N1C1(CO)CC1. The van der Waals surface area contributed by atoms with E-state index >= 15 is 0 Å². The summed E-state index contributed by atoms with van der Waals surface area (Å²) in [4.78, 5) is 24.1. The van der Waals surface area contributed by atoms with E-state index in [0.29, 0.717) is 11.5 Å². The van der Waals surface area contributed by atoms with Gasteiger partial charge >= 0.3 is 0 Å². The van der Waals surface area contributed by atoms with E-state index in [1.807, 2.05) is 0 Å². The zero-order valence-corrected chi connectivity index (χ0v) is 7.97. The Morgan fingerprint density at radius 1 is 1.31 bits per heavy atom. The van der Waals surface area contributed by atoms with E-state index in [2.05, 4.69) is 0 Å². The average Bonchev–Trinajstić information content (AvgIpc) is 2.85. The molecule has 0 atom stereocenters. The molecule has 72 valence electrons. The van der Waals surface area contributed by atoms with Gasteiger partial charge in [0, 0.05) is 0 Å². The molecule has 0 aromatic heterocycles. The standard InChI is InChI=1S/C8H11NO3S/c10-5-8(1-2-8)9-6(11)3-13-4-7(9)12/h10H,1-5H2. The Morgan fingerprint density at radius 3 is 2.23 bits per heavy atom. The Bertz CT molecular complexity index is 246. The molecule has 1 aliphatic heterocycles. The maximum Gasteiger partial charge on any atom is 0.239 e. The molecule has 2 rings (SSSR count). The number of carbonyl (C=O) groups is 2.